The van der Waals surface area contributed by atoms with Gasteiger partial charge in [-0.3, -0.25) is 14.3 Å². The van der Waals surface area contributed by atoms with Crippen molar-refractivity contribution in [2.75, 3.05) is 11.9 Å². The Hall–Kier alpha value is -2.63. The molecule has 1 aliphatic rings. The minimum Gasteiger partial charge on any atom is -0.355 e. The molecule has 2 heterocycles. The van der Waals surface area contributed by atoms with Crippen molar-refractivity contribution >= 4 is 17.5 Å². The van der Waals surface area contributed by atoms with E-state index in [9.17, 15) is 9.59 Å². The van der Waals surface area contributed by atoms with Gasteiger partial charge in [0, 0.05) is 30.9 Å². The highest BCUT2D eigenvalue weighted by Crippen LogP contribution is 2.31. The zero-order chi connectivity index (χ0) is 18.0. The van der Waals surface area contributed by atoms with Crippen molar-refractivity contribution in [3.8, 4) is 0 Å². The van der Waals surface area contributed by atoms with E-state index in [4.69, 9.17) is 0 Å². The highest BCUT2D eigenvalue weighted by atomic mass is 16.2. The number of carbonyl (C=O) groups is 2. The van der Waals surface area contributed by atoms with E-state index in [-0.39, 0.29) is 24.2 Å². The largest absolute Gasteiger partial charge is 0.355 e. The third kappa shape index (κ3) is 3.90. The molecule has 2 atom stereocenters. The van der Waals surface area contributed by atoms with E-state index in [1.54, 1.807) is 0 Å². The number of aryl methyl sites for hydroxylation is 2. The monoisotopic (exact) mass is 340 g/mol. The van der Waals surface area contributed by atoms with Crippen LogP contribution in [-0.4, -0.2) is 28.1 Å². The molecule has 6 heteroatoms. The number of hydrogen-bond donors (Lipinski definition) is 2. The first kappa shape index (κ1) is 17.2. The Bertz CT molecular complexity index is 796. The average molecular weight is 340 g/mol. The molecule has 0 bridgehead atoms. The smallest absolute Gasteiger partial charge is 0.228 e. The fourth-order valence-corrected chi connectivity index (χ4v) is 3.26. The average Bonchev–Trinajstić information content (AvgIpc) is 2.89. The maximum atomic E-state index is 12.6. The van der Waals surface area contributed by atoms with Gasteiger partial charge in [-0.15, -0.1) is 0 Å². The van der Waals surface area contributed by atoms with Crippen molar-refractivity contribution in [2.24, 2.45) is 5.92 Å². The summed E-state index contributed by atoms with van der Waals surface area (Å²) in [5.74, 6) is -0.391. The number of aromatic nitrogens is 2. The molecule has 0 saturated carbocycles. The summed E-state index contributed by atoms with van der Waals surface area (Å²) in [6, 6.07) is 9.53. The molecule has 0 saturated heterocycles. The van der Waals surface area contributed by atoms with Crippen LogP contribution in [0.1, 0.15) is 36.2 Å². The maximum absolute atomic E-state index is 12.6. The van der Waals surface area contributed by atoms with Crippen LogP contribution in [-0.2, 0) is 16.1 Å². The molecule has 2 aromatic rings. The number of amides is 2. The van der Waals surface area contributed by atoms with E-state index in [1.165, 1.54) is 0 Å². The lowest BCUT2D eigenvalue weighted by Crippen LogP contribution is -2.37. The summed E-state index contributed by atoms with van der Waals surface area (Å²) in [4.78, 5) is 24.5. The van der Waals surface area contributed by atoms with E-state index >= 15 is 0 Å². The lowest BCUT2D eigenvalue weighted by molar-refractivity contribution is -0.126. The van der Waals surface area contributed by atoms with Gasteiger partial charge in [-0.05, 0) is 37.5 Å². The van der Waals surface area contributed by atoms with Crippen molar-refractivity contribution < 1.29 is 9.59 Å². The number of rotatable bonds is 5. The van der Waals surface area contributed by atoms with Crippen LogP contribution in [0.25, 0.3) is 0 Å². The van der Waals surface area contributed by atoms with Crippen molar-refractivity contribution in [2.45, 2.75) is 39.7 Å². The van der Waals surface area contributed by atoms with E-state index in [0.29, 0.717) is 6.54 Å². The molecule has 0 radical (unpaired) electrons. The summed E-state index contributed by atoms with van der Waals surface area (Å²) in [6.07, 6.45) is 0.189. The Morgan fingerprint density at radius 3 is 2.88 bits per heavy atom. The molecule has 0 aliphatic carbocycles. The molecule has 1 aliphatic heterocycles. The van der Waals surface area contributed by atoms with Gasteiger partial charge in [0.15, 0.2) is 0 Å². The van der Waals surface area contributed by atoms with Crippen molar-refractivity contribution in [1.29, 1.82) is 0 Å². The predicted molar refractivity (Wildman–Crippen MR) is 96.3 cm³/mol. The second-order valence-corrected chi connectivity index (χ2v) is 6.85. The standard InChI is InChI=1S/C19H24N4O2/c1-12(11-23-14(3)8-13(2)22-23)10-20-19(25)16-9-18(24)21-17-7-5-4-6-15(16)17/h4-8,12,16H,9-11H2,1-3H3,(H,20,25)(H,21,24)/t12-,16-/m0/s1. The van der Waals surface area contributed by atoms with Gasteiger partial charge in [-0.1, -0.05) is 25.1 Å². The fraction of sp³-hybridized carbons (Fsp3) is 0.421. The number of anilines is 1. The molecule has 25 heavy (non-hydrogen) atoms. The highest BCUT2D eigenvalue weighted by Gasteiger charge is 2.30. The van der Waals surface area contributed by atoms with Crippen LogP contribution in [0, 0.1) is 19.8 Å². The number of benzene rings is 1. The van der Waals surface area contributed by atoms with Crippen LogP contribution >= 0.6 is 0 Å². The number of nitrogens with one attached hydrogen (secondary N) is 2. The molecule has 1 aromatic carbocycles. The van der Waals surface area contributed by atoms with Gasteiger partial charge in [0.2, 0.25) is 11.8 Å². The Labute approximate surface area is 147 Å². The molecular formula is C19H24N4O2. The Morgan fingerprint density at radius 2 is 2.16 bits per heavy atom. The summed E-state index contributed by atoms with van der Waals surface area (Å²) in [6.45, 7) is 7.39. The van der Waals surface area contributed by atoms with Gasteiger partial charge in [0.1, 0.15) is 0 Å². The molecule has 2 N–H and O–H groups in total. The van der Waals surface area contributed by atoms with E-state index in [2.05, 4.69) is 22.7 Å². The molecule has 0 spiro atoms. The van der Waals surface area contributed by atoms with E-state index in [0.717, 1.165) is 29.2 Å². The number of fused-ring (bicyclic) bond motifs is 1. The lowest BCUT2D eigenvalue weighted by Gasteiger charge is -2.25. The summed E-state index contributed by atoms with van der Waals surface area (Å²) >= 11 is 0. The van der Waals surface area contributed by atoms with Crippen molar-refractivity contribution in [3.63, 3.8) is 0 Å². The predicted octanol–water partition coefficient (Wildman–Crippen LogP) is 2.38. The van der Waals surface area contributed by atoms with Gasteiger partial charge < -0.3 is 10.6 Å². The first-order valence-electron chi connectivity index (χ1n) is 8.61. The Balaban J connectivity index is 1.61. The van der Waals surface area contributed by atoms with Gasteiger partial charge in [0.25, 0.3) is 0 Å². The zero-order valence-corrected chi connectivity index (χ0v) is 14.9. The first-order valence-corrected chi connectivity index (χ1v) is 8.61. The Kier molecular flexibility index (Phi) is 4.88. The second kappa shape index (κ2) is 7.09. The minimum atomic E-state index is -0.425. The number of nitrogens with zero attached hydrogens (tertiary/aromatic N) is 2. The molecule has 3 rings (SSSR count). The molecule has 6 nitrogen and oxygen atoms in total. The minimum absolute atomic E-state index is 0.0949. The van der Waals surface area contributed by atoms with Crippen LogP contribution in [0.4, 0.5) is 5.69 Å². The zero-order valence-electron chi connectivity index (χ0n) is 14.9. The lowest BCUT2D eigenvalue weighted by atomic mass is 9.89. The van der Waals surface area contributed by atoms with Gasteiger partial charge in [-0.25, -0.2) is 0 Å². The quantitative estimate of drug-likeness (QED) is 0.877. The molecular weight excluding hydrogens is 316 g/mol. The van der Waals surface area contributed by atoms with Crippen molar-refractivity contribution in [1.82, 2.24) is 15.1 Å². The molecule has 132 valence electrons. The fourth-order valence-electron chi connectivity index (χ4n) is 3.26. The van der Waals surface area contributed by atoms with Crippen LogP contribution < -0.4 is 10.6 Å². The highest BCUT2D eigenvalue weighted by molar-refractivity contribution is 6.01. The summed E-state index contributed by atoms with van der Waals surface area (Å²) in [5.41, 5.74) is 3.73. The van der Waals surface area contributed by atoms with Gasteiger partial charge in [-0.2, -0.15) is 5.10 Å². The van der Waals surface area contributed by atoms with Crippen LogP contribution in [0.3, 0.4) is 0 Å². The molecule has 2 amide bonds. The van der Waals surface area contributed by atoms with E-state index < -0.39 is 5.92 Å². The third-order valence-electron chi connectivity index (χ3n) is 4.53. The normalized spacial score (nSPS) is 17.6. The number of carbonyl (C=O) groups excluding carboxylic acids is 2. The molecule has 1 aromatic heterocycles. The number of hydrogen-bond acceptors (Lipinski definition) is 3. The third-order valence-corrected chi connectivity index (χ3v) is 4.53. The summed E-state index contributed by atoms with van der Waals surface area (Å²) in [7, 11) is 0. The second-order valence-electron chi connectivity index (χ2n) is 6.85. The SMILES string of the molecule is Cc1cc(C)n(C[C@@H](C)CNC(=O)[C@H]2CC(=O)Nc3ccccc32)n1. The molecule has 0 unspecified atom stereocenters. The van der Waals surface area contributed by atoms with Crippen LogP contribution in [0.15, 0.2) is 30.3 Å². The van der Waals surface area contributed by atoms with Gasteiger partial charge >= 0.3 is 0 Å². The summed E-state index contributed by atoms with van der Waals surface area (Å²) in [5, 5.41) is 10.3. The van der Waals surface area contributed by atoms with E-state index in [1.807, 2.05) is 48.9 Å². The Morgan fingerprint density at radius 1 is 1.40 bits per heavy atom. The van der Waals surface area contributed by atoms with Crippen LogP contribution in [0.5, 0.6) is 0 Å². The molecule has 0 fully saturated rings. The topological polar surface area (TPSA) is 76.0 Å². The maximum Gasteiger partial charge on any atom is 0.228 e. The van der Waals surface area contributed by atoms with Gasteiger partial charge in [0.05, 0.1) is 11.6 Å². The first-order chi connectivity index (χ1) is 11.9. The van der Waals surface area contributed by atoms with Crippen LogP contribution in [0.2, 0.25) is 0 Å². The summed E-state index contributed by atoms with van der Waals surface area (Å²) < 4.78 is 1.97. The van der Waals surface area contributed by atoms with Crippen molar-refractivity contribution in [3.05, 3.63) is 47.3 Å². The number of para-hydroxylation sites is 1.